The van der Waals surface area contributed by atoms with Crippen LogP contribution in [0.15, 0.2) is 53.9 Å². The van der Waals surface area contributed by atoms with Gasteiger partial charge in [-0.1, -0.05) is 48.0 Å². The van der Waals surface area contributed by atoms with Crippen molar-refractivity contribution in [1.29, 1.82) is 0 Å². The van der Waals surface area contributed by atoms with Crippen molar-refractivity contribution in [3.05, 3.63) is 86.6 Å². The molecule has 1 aromatic heterocycles. The molecule has 0 radical (unpaired) electrons. The first-order chi connectivity index (χ1) is 13.5. The minimum absolute atomic E-state index is 0.0506. The van der Waals surface area contributed by atoms with E-state index in [0.717, 1.165) is 29.8 Å². The van der Waals surface area contributed by atoms with Gasteiger partial charge in [-0.25, -0.2) is 0 Å². The number of hydrogen-bond acceptors (Lipinski definition) is 3. The molecule has 4 heteroatoms. The summed E-state index contributed by atoms with van der Waals surface area (Å²) in [6.07, 6.45) is 1.01. The molecule has 4 rings (SSSR count). The third-order valence-corrected chi connectivity index (χ3v) is 6.47. The van der Waals surface area contributed by atoms with Crippen molar-refractivity contribution in [2.45, 2.75) is 33.2 Å². The van der Waals surface area contributed by atoms with Crippen LogP contribution in [-0.2, 0) is 11.2 Å². The smallest absolute Gasteiger partial charge is 0.238 e. The summed E-state index contributed by atoms with van der Waals surface area (Å²) < 4.78 is 0. The van der Waals surface area contributed by atoms with E-state index in [-0.39, 0.29) is 11.9 Å². The number of rotatable bonds is 4. The van der Waals surface area contributed by atoms with E-state index in [1.165, 1.54) is 21.6 Å². The molecule has 3 nitrogen and oxygen atoms in total. The highest BCUT2D eigenvalue weighted by molar-refractivity contribution is 7.10. The molecule has 2 aromatic carbocycles. The summed E-state index contributed by atoms with van der Waals surface area (Å²) in [6, 6.07) is 17.1. The Bertz CT molecular complexity index is 970. The fourth-order valence-electron chi connectivity index (χ4n) is 4.30. The van der Waals surface area contributed by atoms with Crippen molar-refractivity contribution in [2.75, 3.05) is 18.4 Å². The van der Waals surface area contributed by atoms with E-state index < -0.39 is 0 Å². The Morgan fingerprint density at radius 3 is 2.54 bits per heavy atom. The van der Waals surface area contributed by atoms with Crippen LogP contribution in [0.4, 0.5) is 5.69 Å². The third-order valence-electron chi connectivity index (χ3n) is 5.47. The molecule has 0 bridgehead atoms. The van der Waals surface area contributed by atoms with Crippen molar-refractivity contribution >= 4 is 22.9 Å². The Morgan fingerprint density at radius 1 is 1.11 bits per heavy atom. The van der Waals surface area contributed by atoms with Crippen molar-refractivity contribution in [3.8, 4) is 0 Å². The van der Waals surface area contributed by atoms with Crippen LogP contribution in [0.3, 0.4) is 0 Å². The zero-order valence-corrected chi connectivity index (χ0v) is 17.5. The Labute approximate surface area is 171 Å². The molecule has 0 aliphatic carbocycles. The van der Waals surface area contributed by atoms with Gasteiger partial charge in [-0.15, -0.1) is 11.3 Å². The van der Waals surface area contributed by atoms with E-state index in [1.54, 1.807) is 0 Å². The zero-order valence-electron chi connectivity index (χ0n) is 16.7. The first kappa shape index (κ1) is 18.9. The lowest BCUT2D eigenvalue weighted by Gasteiger charge is -2.35. The van der Waals surface area contributed by atoms with E-state index in [1.807, 2.05) is 17.4 Å². The lowest BCUT2D eigenvalue weighted by atomic mass is 9.93. The summed E-state index contributed by atoms with van der Waals surface area (Å²) in [5.41, 5.74) is 6.99. The first-order valence-corrected chi connectivity index (χ1v) is 10.6. The van der Waals surface area contributed by atoms with Crippen LogP contribution >= 0.6 is 11.3 Å². The quantitative estimate of drug-likeness (QED) is 0.659. The van der Waals surface area contributed by atoms with E-state index in [0.29, 0.717) is 6.54 Å². The van der Waals surface area contributed by atoms with E-state index in [9.17, 15) is 4.79 Å². The van der Waals surface area contributed by atoms with Crippen molar-refractivity contribution in [1.82, 2.24) is 4.90 Å². The Hall–Kier alpha value is -2.43. The highest BCUT2D eigenvalue weighted by Crippen LogP contribution is 2.37. The largest absolute Gasteiger partial charge is 0.324 e. The number of aryl methyl sites for hydroxylation is 3. The van der Waals surface area contributed by atoms with E-state index in [2.05, 4.69) is 78.8 Å². The van der Waals surface area contributed by atoms with Gasteiger partial charge in [0, 0.05) is 17.1 Å². The van der Waals surface area contributed by atoms with Crippen LogP contribution in [0.1, 0.15) is 38.7 Å². The Morgan fingerprint density at radius 2 is 1.82 bits per heavy atom. The summed E-state index contributed by atoms with van der Waals surface area (Å²) in [6.45, 7) is 7.48. The SMILES string of the molecule is Cc1cc(C)c(NC(=O)CN2CCc3sccc3[C@@H]2c2ccccc2)c(C)c1. The number of anilines is 1. The number of nitrogens with one attached hydrogen (secondary N) is 1. The number of thiophene rings is 1. The van der Waals surface area contributed by atoms with Gasteiger partial charge in [0.25, 0.3) is 0 Å². The molecule has 3 aromatic rings. The number of carbonyl (C=O) groups is 1. The number of nitrogens with zero attached hydrogens (tertiary/aromatic N) is 1. The molecule has 1 N–H and O–H groups in total. The average Bonchev–Trinajstić information content (AvgIpc) is 3.14. The summed E-state index contributed by atoms with van der Waals surface area (Å²) in [4.78, 5) is 16.7. The van der Waals surface area contributed by atoms with Crippen LogP contribution in [0.25, 0.3) is 0 Å². The van der Waals surface area contributed by atoms with Gasteiger partial charge in [0.1, 0.15) is 0 Å². The second kappa shape index (κ2) is 7.90. The van der Waals surface area contributed by atoms with E-state index in [4.69, 9.17) is 0 Å². The van der Waals surface area contributed by atoms with Gasteiger partial charge in [-0.2, -0.15) is 0 Å². The molecule has 1 aliphatic rings. The molecule has 1 aliphatic heterocycles. The van der Waals surface area contributed by atoms with Crippen molar-refractivity contribution in [3.63, 3.8) is 0 Å². The summed E-state index contributed by atoms with van der Waals surface area (Å²) in [7, 11) is 0. The number of amides is 1. The molecule has 28 heavy (non-hydrogen) atoms. The normalized spacial score (nSPS) is 16.6. The maximum atomic E-state index is 12.9. The van der Waals surface area contributed by atoms with Crippen molar-refractivity contribution in [2.24, 2.45) is 0 Å². The predicted molar refractivity (Wildman–Crippen MR) is 117 cm³/mol. The maximum Gasteiger partial charge on any atom is 0.238 e. The molecule has 144 valence electrons. The van der Waals surface area contributed by atoms with Crippen LogP contribution in [0.2, 0.25) is 0 Å². The second-order valence-corrected chi connectivity index (χ2v) is 8.66. The topological polar surface area (TPSA) is 32.3 Å². The summed E-state index contributed by atoms with van der Waals surface area (Å²) in [5, 5.41) is 5.33. The monoisotopic (exact) mass is 390 g/mol. The Kier molecular flexibility index (Phi) is 5.33. The van der Waals surface area contributed by atoms with Crippen LogP contribution in [0, 0.1) is 20.8 Å². The van der Waals surface area contributed by atoms with Gasteiger partial charge >= 0.3 is 0 Å². The average molecular weight is 391 g/mol. The van der Waals surface area contributed by atoms with Gasteiger partial charge in [0.2, 0.25) is 5.91 Å². The molecule has 2 heterocycles. The molecule has 1 atom stereocenters. The minimum atomic E-state index is 0.0506. The third kappa shape index (κ3) is 3.75. The fraction of sp³-hybridized carbons (Fsp3) is 0.292. The molecule has 1 amide bonds. The van der Waals surface area contributed by atoms with Crippen molar-refractivity contribution < 1.29 is 4.79 Å². The van der Waals surface area contributed by atoms with Gasteiger partial charge < -0.3 is 5.32 Å². The highest BCUT2D eigenvalue weighted by Gasteiger charge is 2.30. The lowest BCUT2D eigenvalue weighted by molar-refractivity contribution is -0.117. The van der Waals surface area contributed by atoms with Gasteiger partial charge in [0.05, 0.1) is 12.6 Å². The highest BCUT2D eigenvalue weighted by atomic mass is 32.1. The number of hydrogen-bond donors (Lipinski definition) is 1. The molecule has 0 saturated heterocycles. The molecular formula is C24H26N2OS. The summed E-state index contributed by atoms with van der Waals surface area (Å²) >= 11 is 1.83. The van der Waals surface area contributed by atoms with Crippen LogP contribution in [-0.4, -0.2) is 23.9 Å². The maximum absolute atomic E-state index is 12.9. The minimum Gasteiger partial charge on any atom is -0.324 e. The zero-order chi connectivity index (χ0) is 19.7. The molecule has 0 saturated carbocycles. The molecule has 0 unspecified atom stereocenters. The second-order valence-electron chi connectivity index (χ2n) is 7.65. The fourth-order valence-corrected chi connectivity index (χ4v) is 5.21. The standard InChI is InChI=1S/C24H26N2OS/c1-16-13-17(2)23(18(3)14-16)25-22(27)15-26-11-9-21-20(10-12-28-21)24(26)19-7-5-4-6-8-19/h4-8,10,12-14,24H,9,11,15H2,1-3H3,(H,25,27)/t24-/m0/s1. The predicted octanol–water partition coefficient (Wildman–Crippen LogP) is 5.26. The van der Waals surface area contributed by atoms with Gasteiger partial charge in [-0.3, -0.25) is 9.69 Å². The number of fused-ring (bicyclic) bond motifs is 1. The molecule has 0 spiro atoms. The molecular weight excluding hydrogens is 364 g/mol. The number of carbonyl (C=O) groups excluding carboxylic acids is 1. The van der Waals surface area contributed by atoms with Gasteiger partial charge in [-0.05, 0) is 60.9 Å². The summed E-state index contributed by atoms with van der Waals surface area (Å²) in [5.74, 6) is 0.0506. The lowest BCUT2D eigenvalue weighted by Crippen LogP contribution is -2.40. The first-order valence-electron chi connectivity index (χ1n) is 9.76. The van der Waals surface area contributed by atoms with Crippen LogP contribution in [0.5, 0.6) is 0 Å². The van der Waals surface area contributed by atoms with E-state index >= 15 is 0 Å². The molecule has 0 fully saturated rings. The number of benzene rings is 2. The Balaban J connectivity index is 1.57. The van der Waals surface area contributed by atoms with Gasteiger partial charge in [0.15, 0.2) is 0 Å². The van der Waals surface area contributed by atoms with Crippen LogP contribution < -0.4 is 5.32 Å².